The quantitative estimate of drug-likeness (QED) is 0.476. The van der Waals surface area contributed by atoms with Crippen LogP contribution in [-0.2, 0) is 6.42 Å². The molecule has 0 fully saturated rings. The molecular weight excluding hydrogens is 400 g/mol. The molecule has 0 radical (unpaired) electrons. The van der Waals surface area contributed by atoms with Gasteiger partial charge in [-0.3, -0.25) is 4.68 Å². The smallest absolute Gasteiger partial charge is 0.227 e. The summed E-state index contributed by atoms with van der Waals surface area (Å²) in [5.74, 6) is 0.566. The summed E-state index contributed by atoms with van der Waals surface area (Å²) in [6.07, 6.45) is 9.27. The lowest BCUT2D eigenvalue weighted by Gasteiger charge is -2.31. The summed E-state index contributed by atoms with van der Waals surface area (Å²) in [5.41, 5.74) is 6.30. The van der Waals surface area contributed by atoms with Gasteiger partial charge in [0.2, 0.25) is 5.95 Å². The molecule has 7 heteroatoms. The van der Waals surface area contributed by atoms with E-state index in [2.05, 4.69) is 53.6 Å². The molecule has 4 rings (SSSR count). The molecule has 0 saturated heterocycles. The van der Waals surface area contributed by atoms with Crippen LogP contribution in [0, 0.1) is 6.92 Å². The Labute approximate surface area is 190 Å². The van der Waals surface area contributed by atoms with E-state index in [1.54, 1.807) is 0 Å². The minimum Gasteiger partial charge on any atom is -0.391 e. The summed E-state index contributed by atoms with van der Waals surface area (Å²) in [6.45, 7) is 9.25. The molecule has 2 unspecified atom stereocenters. The van der Waals surface area contributed by atoms with E-state index in [1.165, 1.54) is 11.1 Å². The summed E-state index contributed by atoms with van der Waals surface area (Å²) >= 11 is 0. The SMILES string of the molecule is CCCCC(O)C1NCCc2cc(Nc3ncc(C)c(-c4cnn(C(C)C)c4)n3)ccc21. The number of nitrogens with one attached hydrogen (secondary N) is 2. The molecule has 170 valence electrons. The highest BCUT2D eigenvalue weighted by molar-refractivity contribution is 5.64. The molecule has 0 amide bonds. The lowest BCUT2D eigenvalue weighted by atomic mass is 9.89. The Balaban J connectivity index is 1.55. The second-order valence-corrected chi connectivity index (χ2v) is 8.96. The molecular formula is C25H34N6O. The predicted octanol–water partition coefficient (Wildman–Crippen LogP) is 4.71. The molecule has 0 aliphatic carbocycles. The maximum atomic E-state index is 10.7. The van der Waals surface area contributed by atoms with Crippen molar-refractivity contribution in [2.45, 2.75) is 71.6 Å². The Morgan fingerprint density at radius 1 is 1.28 bits per heavy atom. The number of hydrogen-bond acceptors (Lipinski definition) is 6. The van der Waals surface area contributed by atoms with Crippen molar-refractivity contribution in [3.05, 3.63) is 53.5 Å². The number of rotatable bonds is 8. The Hall–Kier alpha value is -2.77. The third kappa shape index (κ3) is 4.84. The summed E-state index contributed by atoms with van der Waals surface area (Å²) in [5, 5.41) is 22.0. The normalized spacial score (nSPS) is 16.8. The van der Waals surface area contributed by atoms with E-state index in [4.69, 9.17) is 4.98 Å². The number of benzene rings is 1. The number of unbranched alkanes of at least 4 members (excludes halogenated alkanes) is 1. The van der Waals surface area contributed by atoms with Gasteiger partial charge in [-0.15, -0.1) is 0 Å². The number of fused-ring (bicyclic) bond motifs is 1. The van der Waals surface area contributed by atoms with Gasteiger partial charge in [-0.2, -0.15) is 5.10 Å². The Bertz CT molecular complexity index is 1060. The van der Waals surface area contributed by atoms with Crippen molar-refractivity contribution < 1.29 is 5.11 Å². The Kier molecular flexibility index (Phi) is 6.86. The first-order valence-corrected chi connectivity index (χ1v) is 11.7. The fourth-order valence-corrected chi connectivity index (χ4v) is 4.27. The highest BCUT2D eigenvalue weighted by Crippen LogP contribution is 2.31. The highest BCUT2D eigenvalue weighted by atomic mass is 16.3. The third-order valence-corrected chi connectivity index (χ3v) is 6.11. The lowest BCUT2D eigenvalue weighted by molar-refractivity contribution is 0.113. The standard InChI is InChI=1S/C25H34N6O/c1-5-6-7-22(32)24-21-9-8-20(12-18(21)10-11-26-24)29-25-27-13-17(4)23(30-25)19-14-28-31(15-19)16(2)3/h8-9,12-16,22,24,26,32H,5-7,10-11H2,1-4H3,(H,27,29,30). The zero-order valence-electron chi connectivity index (χ0n) is 19.5. The Morgan fingerprint density at radius 2 is 2.12 bits per heavy atom. The van der Waals surface area contributed by atoms with Gasteiger partial charge in [0.1, 0.15) is 0 Å². The number of aliphatic hydroxyl groups is 1. The molecule has 0 bridgehead atoms. The molecule has 2 aromatic heterocycles. The number of hydrogen-bond donors (Lipinski definition) is 3. The molecule has 0 saturated carbocycles. The van der Waals surface area contributed by atoms with Crippen LogP contribution in [0.4, 0.5) is 11.6 Å². The fourth-order valence-electron chi connectivity index (χ4n) is 4.27. The summed E-state index contributed by atoms with van der Waals surface area (Å²) in [6, 6.07) is 6.63. The number of nitrogens with zero attached hydrogens (tertiary/aromatic N) is 4. The van der Waals surface area contributed by atoms with E-state index in [0.717, 1.165) is 54.7 Å². The molecule has 2 atom stereocenters. The van der Waals surface area contributed by atoms with Crippen molar-refractivity contribution in [2.75, 3.05) is 11.9 Å². The van der Waals surface area contributed by atoms with Crippen LogP contribution in [0.15, 0.2) is 36.8 Å². The number of aliphatic hydroxyl groups excluding tert-OH is 1. The van der Waals surface area contributed by atoms with Crippen LogP contribution in [0.2, 0.25) is 0 Å². The topological polar surface area (TPSA) is 87.9 Å². The molecule has 3 heterocycles. The van der Waals surface area contributed by atoms with Crippen LogP contribution < -0.4 is 10.6 Å². The molecule has 3 N–H and O–H groups in total. The van der Waals surface area contributed by atoms with Gasteiger partial charge in [-0.25, -0.2) is 9.97 Å². The maximum absolute atomic E-state index is 10.7. The number of anilines is 2. The number of aromatic nitrogens is 4. The average molecular weight is 435 g/mol. The monoisotopic (exact) mass is 434 g/mol. The first kappa shape index (κ1) is 22.4. The predicted molar refractivity (Wildman–Crippen MR) is 128 cm³/mol. The summed E-state index contributed by atoms with van der Waals surface area (Å²) in [4.78, 5) is 9.26. The van der Waals surface area contributed by atoms with Gasteiger partial charge >= 0.3 is 0 Å². The molecule has 1 aliphatic rings. The van der Waals surface area contributed by atoms with Gasteiger partial charge in [0.15, 0.2) is 0 Å². The molecule has 1 aromatic carbocycles. The fraction of sp³-hybridized carbons (Fsp3) is 0.480. The van der Waals surface area contributed by atoms with Crippen LogP contribution in [-0.4, -0.2) is 37.5 Å². The van der Waals surface area contributed by atoms with Crippen molar-refractivity contribution in [3.63, 3.8) is 0 Å². The first-order chi connectivity index (χ1) is 15.5. The van der Waals surface area contributed by atoms with Crippen LogP contribution >= 0.6 is 0 Å². The Morgan fingerprint density at radius 3 is 2.88 bits per heavy atom. The van der Waals surface area contributed by atoms with Gasteiger partial charge in [0.25, 0.3) is 0 Å². The zero-order valence-corrected chi connectivity index (χ0v) is 19.5. The van der Waals surface area contributed by atoms with E-state index in [0.29, 0.717) is 12.0 Å². The van der Waals surface area contributed by atoms with Crippen molar-refractivity contribution in [1.82, 2.24) is 25.1 Å². The van der Waals surface area contributed by atoms with Gasteiger partial charge in [-0.05, 0) is 69.0 Å². The van der Waals surface area contributed by atoms with Gasteiger partial charge < -0.3 is 15.7 Å². The minimum atomic E-state index is -0.359. The molecule has 0 spiro atoms. The molecule has 1 aliphatic heterocycles. The van der Waals surface area contributed by atoms with Crippen molar-refractivity contribution in [1.29, 1.82) is 0 Å². The third-order valence-electron chi connectivity index (χ3n) is 6.11. The van der Waals surface area contributed by atoms with Gasteiger partial charge in [-0.1, -0.05) is 25.8 Å². The van der Waals surface area contributed by atoms with Crippen LogP contribution in [0.5, 0.6) is 0 Å². The van der Waals surface area contributed by atoms with E-state index in [1.807, 2.05) is 36.3 Å². The largest absolute Gasteiger partial charge is 0.391 e. The van der Waals surface area contributed by atoms with Crippen molar-refractivity contribution in [2.24, 2.45) is 0 Å². The van der Waals surface area contributed by atoms with E-state index >= 15 is 0 Å². The molecule has 3 aromatic rings. The van der Waals surface area contributed by atoms with Crippen LogP contribution in [0.25, 0.3) is 11.3 Å². The maximum Gasteiger partial charge on any atom is 0.227 e. The zero-order chi connectivity index (χ0) is 22.7. The van der Waals surface area contributed by atoms with Gasteiger partial charge in [0, 0.05) is 29.7 Å². The number of aryl methyl sites for hydroxylation is 1. The van der Waals surface area contributed by atoms with Crippen molar-refractivity contribution >= 4 is 11.6 Å². The van der Waals surface area contributed by atoms with Crippen LogP contribution in [0.3, 0.4) is 0 Å². The van der Waals surface area contributed by atoms with E-state index in [9.17, 15) is 5.11 Å². The van der Waals surface area contributed by atoms with E-state index in [-0.39, 0.29) is 12.1 Å². The van der Waals surface area contributed by atoms with E-state index < -0.39 is 0 Å². The second-order valence-electron chi connectivity index (χ2n) is 8.96. The lowest BCUT2D eigenvalue weighted by Crippen LogP contribution is -2.37. The summed E-state index contributed by atoms with van der Waals surface area (Å²) in [7, 11) is 0. The highest BCUT2D eigenvalue weighted by Gasteiger charge is 2.26. The van der Waals surface area contributed by atoms with Crippen molar-refractivity contribution in [3.8, 4) is 11.3 Å². The minimum absolute atomic E-state index is 0.000860. The first-order valence-electron chi connectivity index (χ1n) is 11.7. The molecule has 32 heavy (non-hydrogen) atoms. The van der Waals surface area contributed by atoms with Gasteiger partial charge in [0.05, 0.1) is 24.0 Å². The van der Waals surface area contributed by atoms with Crippen LogP contribution in [0.1, 0.15) is 68.8 Å². The second kappa shape index (κ2) is 9.79. The summed E-state index contributed by atoms with van der Waals surface area (Å²) < 4.78 is 1.94. The molecule has 7 nitrogen and oxygen atoms in total. The average Bonchev–Trinajstić information content (AvgIpc) is 3.28.